The van der Waals surface area contributed by atoms with E-state index >= 15 is 0 Å². The molecule has 0 atom stereocenters. The van der Waals surface area contributed by atoms with Crippen LogP contribution in [-0.2, 0) is 9.53 Å². The number of nitrogens with zero attached hydrogens (tertiary/aromatic N) is 3. The number of ether oxygens (including phenoxy) is 1. The highest BCUT2D eigenvalue weighted by atomic mass is 16.6. The van der Waals surface area contributed by atoms with Gasteiger partial charge in [0, 0.05) is 25.6 Å². The maximum absolute atomic E-state index is 12.3. The third kappa shape index (κ3) is 5.12. The third-order valence-corrected chi connectivity index (χ3v) is 4.48. The van der Waals surface area contributed by atoms with Gasteiger partial charge in [-0.15, -0.1) is 0 Å². The zero-order valence-electron chi connectivity index (χ0n) is 14.4. The predicted octanol–water partition coefficient (Wildman–Crippen LogP) is 2.40. The molecule has 1 saturated carbocycles. The van der Waals surface area contributed by atoms with E-state index in [1.807, 2.05) is 25.7 Å². The van der Waals surface area contributed by atoms with Gasteiger partial charge in [-0.05, 0) is 52.4 Å². The molecular formula is C17H27N3O3. The molecule has 128 valence electrons. The second kappa shape index (κ2) is 7.20. The number of hydrogen-bond acceptors (Lipinski definition) is 4. The molecule has 2 aliphatic rings. The van der Waals surface area contributed by atoms with E-state index in [-0.39, 0.29) is 18.4 Å². The van der Waals surface area contributed by atoms with Crippen molar-refractivity contribution in [3.63, 3.8) is 0 Å². The van der Waals surface area contributed by atoms with Crippen molar-refractivity contribution in [2.75, 3.05) is 26.2 Å². The Morgan fingerprint density at radius 1 is 1.26 bits per heavy atom. The zero-order chi connectivity index (χ0) is 17.0. The molecule has 1 aliphatic carbocycles. The molecule has 2 rings (SSSR count). The lowest BCUT2D eigenvalue weighted by Gasteiger charge is -2.37. The molecular weight excluding hydrogens is 294 g/mol. The van der Waals surface area contributed by atoms with Crippen molar-refractivity contribution in [3.05, 3.63) is 0 Å². The summed E-state index contributed by atoms with van der Waals surface area (Å²) in [5.74, 6) is 0.659. The summed E-state index contributed by atoms with van der Waals surface area (Å²) in [5.41, 5.74) is -0.545. The van der Waals surface area contributed by atoms with Crippen molar-refractivity contribution in [1.82, 2.24) is 9.80 Å². The van der Waals surface area contributed by atoms with Gasteiger partial charge >= 0.3 is 6.09 Å². The first-order chi connectivity index (χ1) is 10.8. The summed E-state index contributed by atoms with van der Waals surface area (Å²) >= 11 is 0. The van der Waals surface area contributed by atoms with Crippen molar-refractivity contribution < 1.29 is 14.3 Å². The van der Waals surface area contributed by atoms with Crippen LogP contribution in [0.3, 0.4) is 0 Å². The Labute approximate surface area is 138 Å². The molecule has 1 aliphatic heterocycles. The average molecular weight is 321 g/mol. The Morgan fingerprint density at radius 3 is 2.43 bits per heavy atom. The Balaban J connectivity index is 1.80. The van der Waals surface area contributed by atoms with Crippen LogP contribution in [0.5, 0.6) is 0 Å². The van der Waals surface area contributed by atoms with Crippen LogP contribution in [-0.4, -0.2) is 53.6 Å². The van der Waals surface area contributed by atoms with Crippen LogP contribution >= 0.6 is 0 Å². The minimum atomic E-state index is -0.545. The summed E-state index contributed by atoms with van der Waals surface area (Å²) in [6.45, 7) is 7.40. The van der Waals surface area contributed by atoms with E-state index in [0.29, 0.717) is 19.0 Å². The largest absolute Gasteiger partial charge is 0.444 e. The van der Waals surface area contributed by atoms with Gasteiger partial charge < -0.3 is 9.64 Å². The normalized spacial score (nSPS) is 25.9. The summed E-state index contributed by atoms with van der Waals surface area (Å²) in [5, 5.41) is 8.94. The number of nitriles is 1. The molecule has 0 aromatic heterocycles. The van der Waals surface area contributed by atoms with E-state index in [0.717, 1.165) is 32.2 Å². The summed E-state index contributed by atoms with van der Waals surface area (Å²) in [6, 6.07) is 2.34. The Morgan fingerprint density at radius 2 is 1.91 bits per heavy atom. The SMILES string of the molecule is CC(C)(C)OC(=O)N1CCN(CC2CCC(C#N)CC2)C(=O)C1. The highest BCUT2D eigenvalue weighted by Gasteiger charge is 2.32. The molecule has 0 unspecified atom stereocenters. The fraction of sp³-hybridized carbons (Fsp3) is 0.824. The van der Waals surface area contributed by atoms with Crippen LogP contribution < -0.4 is 0 Å². The van der Waals surface area contributed by atoms with Gasteiger partial charge in [0.15, 0.2) is 0 Å². The summed E-state index contributed by atoms with van der Waals surface area (Å²) in [7, 11) is 0. The zero-order valence-corrected chi connectivity index (χ0v) is 14.4. The minimum absolute atomic E-state index is 0.00971. The van der Waals surface area contributed by atoms with Gasteiger partial charge in [0.25, 0.3) is 0 Å². The monoisotopic (exact) mass is 321 g/mol. The highest BCUT2D eigenvalue weighted by molar-refractivity contribution is 5.83. The van der Waals surface area contributed by atoms with E-state index in [1.165, 1.54) is 4.90 Å². The van der Waals surface area contributed by atoms with E-state index in [9.17, 15) is 9.59 Å². The van der Waals surface area contributed by atoms with Crippen LogP contribution in [0.15, 0.2) is 0 Å². The summed E-state index contributed by atoms with van der Waals surface area (Å²) in [4.78, 5) is 27.7. The number of rotatable bonds is 2. The highest BCUT2D eigenvalue weighted by Crippen LogP contribution is 2.29. The lowest BCUT2D eigenvalue weighted by atomic mass is 9.82. The fourth-order valence-corrected chi connectivity index (χ4v) is 3.17. The molecule has 2 fully saturated rings. The standard InChI is InChI=1S/C17H27N3O3/c1-17(2,3)23-16(22)20-9-8-19(15(21)12-20)11-14-6-4-13(10-18)5-7-14/h13-14H,4-9,11-12H2,1-3H3. The first-order valence-electron chi connectivity index (χ1n) is 8.44. The molecule has 6 heteroatoms. The number of carbonyl (C=O) groups is 2. The molecule has 0 bridgehead atoms. The second-order valence-electron chi connectivity index (χ2n) is 7.59. The van der Waals surface area contributed by atoms with Crippen molar-refractivity contribution in [1.29, 1.82) is 5.26 Å². The van der Waals surface area contributed by atoms with E-state index in [4.69, 9.17) is 10.00 Å². The molecule has 0 aromatic rings. The Kier molecular flexibility index (Phi) is 5.51. The topological polar surface area (TPSA) is 73.6 Å². The van der Waals surface area contributed by atoms with Gasteiger partial charge in [0.1, 0.15) is 12.1 Å². The van der Waals surface area contributed by atoms with Gasteiger partial charge in [-0.2, -0.15) is 5.26 Å². The lowest BCUT2D eigenvalue weighted by molar-refractivity contribution is -0.136. The van der Waals surface area contributed by atoms with Gasteiger partial charge in [-0.3, -0.25) is 9.69 Å². The van der Waals surface area contributed by atoms with Crippen molar-refractivity contribution in [2.24, 2.45) is 11.8 Å². The van der Waals surface area contributed by atoms with Crippen molar-refractivity contribution in [3.8, 4) is 6.07 Å². The molecule has 0 aromatic carbocycles. The van der Waals surface area contributed by atoms with E-state index in [1.54, 1.807) is 0 Å². The van der Waals surface area contributed by atoms with Gasteiger partial charge in [0.05, 0.1) is 6.07 Å². The molecule has 0 spiro atoms. The first kappa shape index (κ1) is 17.6. The van der Waals surface area contributed by atoms with Crippen LogP contribution in [0, 0.1) is 23.2 Å². The van der Waals surface area contributed by atoms with Crippen LogP contribution in [0.25, 0.3) is 0 Å². The number of hydrogen-bond donors (Lipinski definition) is 0. The predicted molar refractivity (Wildman–Crippen MR) is 85.4 cm³/mol. The Bertz CT molecular complexity index is 484. The molecule has 23 heavy (non-hydrogen) atoms. The van der Waals surface area contributed by atoms with Crippen LogP contribution in [0.2, 0.25) is 0 Å². The maximum Gasteiger partial charge on any atom is 0.410 e. The van der Waals surface area contributed by atoms with Gasteiger partial charge in [-0.25, -0.2) is 4.79 Å². The fourth-order valence-electron chi connectivity index (χ4n) is 3.17. The molecule has 2 amide bonds. The minimum Gasteiger partial charge on any atom is -0.444 e. The smallest absolute Gasteiger partial charge is 0.410 e. The summed E-state index contributed by atoms with van der Waals surface area (Å²) < 4.78 is 5.32. The maximum atomic E-state index is 12.3. The Hall–Kier alpha value is -1.77. The van der Waals surface area contributed by atoms with Crippen LogP contribution in [0.4, 0.5) is 4.79 Å². The second-order valence-corrected chi connectivity index (χ2v) is 7.59. The molecule has 6 nitrogen and oxygen atoms in total. The van der Waals surface area contributed by atoms with Crippen molar-refractivity contribution in [2.45, 2.75) is 52.1 Å². The quantitative estimate of drug-likeness (QED) is 0.783. The lowest BCUT2D eigenvalue weighted by Crippen LogP contribution is -2.54. The summed E-state index contributed by atoms with van der Waals surface area (Å²) in [6.07, 6.45) is 3.48. The molecule has 0 N–H and O–H groups in total. The van der Waals surface area contributed by atoms with Gasteiger partial charge in [0.2, 0.25) is 5.91 Å². The van der Waals surface area contributed by atoms with Crippen LogP contribution in [0.1, 0.15) is 46.5 Å². The third-order valence-electron chi connectivity index (χ3n) is 4.48. The van der Waals surface area contributed by atoms with Crippen molar-refractivity contribution >= 4 is 12.0 Å². The molecule has 1 saturated heterocycles. The van der Waals surface area contributed by atoms with E-state index in [2.05, 4.69) is 6.07 Å². The number of carbonyl (C=O) groups excluding carboxylic acids is 2. The number of amides is 2. The average Bonchev–Trinajstić information content (AvgIpc) is 2.48. The van der Waals surface area contributed by atoms with E-state index < -0.39 is 11.7 Å². The molecule has 1 heterocycles. The first-order valence-corrected chi connectivity index (χ1v) is 8.44. The number of piperazine rings is 1. The van der Waals surface area contributed by atoms with Gasteiger partial charge in [-0.1, -0.05) is 0 Å². The molecule has 0 radical (unpaired) electrons.